The fourth-order valence-corrected chi connectivity index (χ4v) is 7.32. The molecule has 1 saturated carbocycles. The molecule has 4 nitrogen and oxygen atoms in total. The monoisotopic (exact) mass is 521 g/mol. The summed E-state index contributed by atoms with van der Waals surface area (Å²) in [6.45, 7) is 4.20. The van der Waals surface area contributed by atoms with Crippen LogP contribution in [-0.4, -0.2) is 23.2 Å². The lowest BCUT2D eigenvalue weighted by atomic mass is 9.63. The molecule has 4 aromatic rings. The Morgan fingerprint density at radius 1 is 1.06 bits per heavy atom. The van der Waals surface area contributed by atoms with Crippen LogP contribution in [0.3, 0.4) is 0 Å². The van der Waals surface area contributed by atoms with Crippen LogP contribution < -0.4 is 4.90 Å². The summed E-state index contributed by atoms with van der Waals surface area (Å²) in [6, 6.07) is 12.1. The van der Waals surface area contributed by atoms with E-state index in [1.807, 2.05) is 29.5 Å². The zero-order valence-corrected chi connectivity index (χ0v) is 21.8. The van der Waals surface area contributed by atoms with Gasteiger partial charge in [-0.05, 0) is 79.8 Å². The minimum atomic E-state index is 0.249. The van der Waals surface area contributed by atoms with E-state index in [9.17, 15) is 0 Å². The maximum Gasteiger partial charge on any atom is 0.186 e. The SMILES string of the molecule is Cc1ccc2nc(N3CCC4(C=C(c5c(-c6c(Cl)cccc6Cl)noc5C5CC5)C4)CC3)sc2c1. The molecular weight excluding hydrogens is 497 g/mol. The Morgan fingerprint density at radius 3 is 2.51 bits per heavy atom. The molecule has 2 aromatic heterocycles. The van der Waals surface area contributed by atoms with Crippen molar-refractivity contribution in [3.63, 3.8) is 0 Å². The van der Waals surface area contributed by atoms with Crippen LogP contribution in [0.15, 0.2) is 47.0 Å². The molecule has 1 spiro atoms. The molecule has 0 unspecified atom stereocenters. The lowest BCUT2D eigenvalue weighted by molar-refractivity contribution is 0.277. The van der Waals surface area contributed by atoms with Gasteiger partial charge in [0.1, 0.15) is 11.5 Å². The number of allylic oxidation sites excluding steroid dienone is 2. The van der Waals surface area contributed by atoms with Gasteiger partial charge in [-0.1, -0.05) is 57.9 Å². The van der Waals surface area contributed by atoms with E-state index in [0.29, 0.717) is 16.0 Å². The van der Waals surface area contributed by atoms with Gasteiger partial charge in [-0.25, -0.2) is 4.98 Å². The molecule has 3 heterocycles. The Bertz CT molecular complexity index is 1470. The number of hydrogen-bond donors (Lipinski definition) is 0. The van der Waals surface area contributed by atoms with E-state index in [1.165, 1.54) is 15.8 Å². The summed E-state index contributed by atoms with van der Waals surface area (Å²) in [5.41, 5.74) is 6.69. The number of aromatic nitrogens is 2. The molecule has 3 aliphatic rings. The topological polar surface area (TPSA) is 42.2 Å². The summed E-state index contributed by atoms with van der Waals surface area (Å²) in [4.78, 5) is 7.37. The second-order valence-electron chi connectivity index (χ2n) is 10.3. The molecule has 2 fully saturated rings. The number of benzene rings is 2. The van der Waals surface area contributed by atoms with Crippen LogP contribution in [0.2, 0.25) is 10.0 Å². The molecule has 2 aromatic carbocycles. The molecule has 7 heteroatoms. The molecular formula is C28H25Cl2N3OS. The van der Waals surface area contributed by atoms with Crippen LogP contribution >= 0.6 is 34.5 Å². The van der Waals surface area contributed by atoms with Crippen molar-refractivity contribution in [1.29, 1.82) is 0 Å². The van der Waals surface area contributed by atoms with Crippen molar-refractivity contribution in [3.05, 3.63) is 69.4 Å². The lowest BCUT2D eigenvalue weighted by Crippen LogP contribution is -2.42. The van der Waals surface area contributed by atoms with Crippen molar-refractivity contribution in [3.8, 4) is 11.3 Å². The highest BCUT2D eigenvalue weighted by Gasteiger charge is 2.44. The van der Waals surface area contributed by atoms with Crippen LogP contribution in [0.25, 0.3) is 27.0 Å². The van der Waals surface area contributed by atoms with E-state index >= 15 is 0 Å². The molecule has 0 atom stereocenters. The van der Waals surface area contributed by atoms with E-state index in [2.05, 4.69) is 41.3 Å². The molecule has 2 aliphatic carbocycles. The first-order chi connectivity index (χ1) is 17.0. The summed E-state index contributed by atoms with van der Waals surface area (Å²) in [7, 11) is 0. The molecule has 1 saturated heterocycles. The highest BCUT2D eigenvalue weighted by molar-refractivity contribution is 7.22. The van der Waals surface area contributed by atoms with Crippen LogP contribution in [0.4, 0.5) is 5.13 Å². The number of fused-ring (bicyclic) bond motifs is 1. The number of hydrogen-bond acceptors (Lipinski definition) is 5. The average molecular weight is 523 g/mol. The lowest BCUT2D eigenvalue weighted by Gasteiger charge is -2.46. The summed E-state index contributed by atoms with van der Waals surface area (Å²) in [6.07, 6.45) is 8.13. The minimum absolute atomic E-state index is 0.249. The summed E-state index contributed by atoms with van der Waals surface area (Å²) >= 11 is 14.9. The van der Waals surface area contributed by atoms with Crippen molar-refractivity contribution in [2.75, 3.05) is 18.0 Å². The minimum Gasteiger partial charge on any atom is -0.360 e. The van der Waals surface area contributed by atoms with Crippen LogP contribution in [0.5, 0.6) is 0 Å². The van der Waals surface area contributed by atoms with Gasteiger partial charge < -0.3 is 9.42 Å². The number of thiazole rings is 1. The molecule has 0 radical (unpaired) electrons. The van der Waals surface area contributed by atoms with Crippen molar-refractivity contribution in [1.82, 2.24) is 10.1 Å². The maximum atomic E-state index is 6.56. The third-order valence-electron chi connectivity index (χ3n) is 7.77. The molecule has 0 bridgehead atoms. The molecule has 178 valence electrons. The number of piperidine rings is 1. The zero-order chi connectivity index (χ0) is 23.7. The number of halogens is 2. The Labute approximate surface area is 218 Å². The van der Waals surface area contributed by atoms with Gasteiger partial charge in [-0.3, -0.25) is 0 Å². The average Bonchev–Trinajstić information content (AvgIpc) is 3.44. The van der Waals surface area contributed by atoms with Gasteiger partial charge in [0.2, 0.25) is 0 Å². The second-order valence-corrected chi connectivity index (χ2v) is 12.1. The van der Waals surface area contributed by atoms with E-state index in [1.54, 1.807) is 0 Å². The molecule has 0 N–H and O–H groups in total. The van der Waals surface area contributed by atoms with Gasteiger partial charge in [0.15, 0.2) is 5.13 Å². The Morgan fingerprint density at radius 2 is 1.80 bits per heavy atom. The maximum absolute atomic E-state index is 6.56. The van der Waals surface area contributed by atoms with Crippen molar-refractivity contribution < 1.29 is 4.52 Å². The van der Waals surface area contributed by atoms with Crippen LogP contribution in [-0.2, 0) is 0 Å². The highest BCUT2D eigenvalue weighted by atomic mass is 35.5. The van der Waals surface area contributed by atoms with Crippen LogP contribution in [0, 0.1) is 12.3 Å². The van der Waals surface area contributed by atoms with Gasteiger partial charge in [0, 0.05) is 30.1 Å². The molecule has 1 aliphatic heterocycles. The fraction of sp³-hybridized carbons (Fsp3) is 0.357. The first-order valence-electron chi connectivity index (χ1n) is 12.3. The number of anilines is 1. The Balaban J connectivity index is 1.16. The van der Waals surface area contributed by atoms with Gasteiger partial charge in [-0.15, -0.1) is 0 Å². The first kappa shape index (κ1) is 21.9. The smallest absolute Gasteiger partial charge is 0.186 e. The summed E-state index contributed by atoms with van der Waals surface area (Å²) < 4.78 is 7.18. The van der Waals surface area contributed by atoms with Crippen LogP contribution in [0.1, 0.15) is 54.9 Å². The standard InChI is InChI=1S/C28H25Cl2N3OS/c1-16-5-8-21-22(13-16)35-27(31-21)33-11-9-28(10-12-33)14-18(15-28)23-25(32-34-26(23)17-6-7-17)24-19(29)3-2-4-20(24)30/h2-5,8,13-14,17H,6-7,9-12,15H2,1H3. The van der Waals surface area contributed by atoms with Crippen molar-refractivity contribution in [2.45, 2.75) is 44.9 Å². The van der Waals surface area contributed by atoms with Gasteiger partial charge in [-0.2, -0.15) is 0 Å². The number of nitrogens with zero attached hydrogens (tertiary/aromatic N) is 3. The van der Waals surface area contributed by atoms with E-state index in [-0.39, 0.29) is 5.41 Å². The quantitative estimate of drug-likeness (QED) is 0.269. The van der Waals surface area contributed by atoms with Gasteiger partial charge >= 0.3 is 0 Å². The third-order valence-corrected chi connectivity index (χ3v) is 9.48. The number of aryl methyl sites for hydroxylation is 1. The van der Waals surface area contributed by atoms with Crippen molar-refractivity contribution in [2.24, 2.45) is 5.41 Å². The predicted octanol–water partition coefficient (Wildman–Crippen LogP) is 8.52. The van der Waals surface area contributed by atoms with E-state index < -0.39 is 0 Å². The van der Waals surface area contributed by atoms with Crippen molar-refractivity contribution >= 4 is 55.5 Å². The first-order valence-corrected chi connectivity index (χ1v) is 13.9. The molecule has 35 heavy (non-hydrogen) atoms. The normalized spacial score (nSPS) is 19.3. The Hall–Kier alpha value is -2.34. The van der Waals surface area contributed by atoms with E-state index in [0.717, 1.165) is 78.4 Å². The summed E-state index contributed by atoms with van der Waals surface area (Å²) in [5, 5.41) is 6.86. The zero-order valence-electron chi connectivity index (χ0n) is 19.5. The second kappa shape index (κ2) is 8.09. The largest absolute Gasteiger partial charge is 0.360 e. The highest BCUT2D eigenvalue weighted by Crippen LogP contribution is 2.56. The van der Waals surface area contributed by atoms with Gasteiger partial charge in [0.05, 0.1) is 20.3 Å². The third kappa shape index (κ3) is 3.71. The van der Waals surface area contributed by atoms with Gasteiger partial charge in [0.25, 0.3) is 0 Å². The number of rotatable bonds is 4. The fourth-order valence-electron chi connectivity index (χ4n) is 5.63. The summed E-state index contributed by atoms with van der Waals surface area (Å²) in [5.74, 6) is 1.48. The van der Waals surface area contributed by atoms with E-state index in [4.69, 9.17) is 32.7 Å². The molecule has 0 amide bonds. The predicted molar refractivity (Wildman–Crippen MR) is 145 cm³/mol. The Kier molecular flexibility index (Phi) is 5.06. The molecule has 7 rings (SSSR count).